The molecule has 0 fully saturated rings. The van der Waals surface area contributed by atoms with Crippen LogP contribution in [0.4, 0.5) is 10.1 Å². The minimum absolute atomic E-state index is 0.245. The van der Waals surface area contributed by atoms with E-state index < -0.39 is 0 Å². The third-order valence-corrected chi connectivity index (χ3v) is 2.32. The number of nitrogens with one attached hydrogen (secondary N) is 1. The Hall–Kier alpha value is -2.42. The molecular weight excluding hydrogens is 229 g/mol. The van der Waals surface area contributed by atoms with Crippen molar-refractivity contribution in [3.63, 3.8) is 0 Å². The van der Waals surface area contributed by atoms with Gasteiger partial charge in [-0.05, 0) is 35.9 Å². The van der Waals surface area contributed by atoms with E-state index in [1.54, 1.807) is 30.3 Å². The Morgan fingerprint density at radius 1 is 1.06 bits per heavy atom. The van der Waals surface area contributed by atoms with Gasteiger partial charge in [-0.2, -0.15) is 0 Å². The van der Waals surface area contributed by atoms with Gasteiger partial charge >= 0.3 is 0 Å². The molecule has 0 aliphatic rings. The zero-order valence-corrected chi connectivity index (χ0v) is 9.64. The van der Waals surface area contributed by atoms with Crippen molar-refractivity contribution in [1.82, 2.24) is 0 Å². The van der Waals surface area contributed by atoms with Crippen LogP contribution in [0.5, 0.6) is 0 Å². The third-order valence-electron chi connectivity index (χ3n) is 2.32. The van der Waals surface area contributed by atoms with Crippen molar-refractivity contribution in [2.45, 2.75) is 0 Å². The molecular formula is C15H12FNO. The van der Waals surface area contributed by atoms with Crippen LogP contribution >= 0.6 is 0 Å². The van der Waals surface area contributed by atoms with Crippen LogP contribution in [-0.2, 0) is 4.79 Å². The SMILES string of the molecule is O=C(/C=C\c1cccc(F)c1)Nc1ccccc1. The minimum atomic E-state index is -0.319. The van der Waals surface area contributed by atoms with Crippen molar-refractivity contribution in [3.8, 4) is 0 Å². The number of amides is 1. The number of benzene rings is 2. The Balaban J connectivity index is 1.99. The molecule has 0 radical (unpaired) electrons. The lowest BCUT2D eigenvalue weighted by molar-refractivity contribution is -0.111. The molecule has 0 saturated carbocycles. The molecule has 0 aliphatic heterocycles. The second-order valence-electron chi connectivity index (χ2n) is 3.74. The lowest BCUT2D eigenvalue weighted by Crippen LogP contribution is -2.07. The summed E-state index contributed by atoms with van der Waals surface area (Å²) in [6, 6.07) is 15.2. The van der Waals surface area contributed by atoms with Crippen molar-refractivity contribution >= 4 is 17.7 Å². The number of carbonyl (C=O) groups is 1. The lowest BCUT2D eigenvalue weighted by atomic mass is 10.2. The van der Waals surface area contributed by atoms with Gasteiger partial charge in [-0.15, -0.1) is 0 Å². The predicted octanol–water partition coefficient (Wildman–Crippen LogP) is 3.48. The predicted molar refractivity (Wildman–Crippen MR) is 70.5 cm³/mol. The van der Waals surface area contributed by atoms with E-state index >= 15 is 0 Å². The van der Waals surface area contributed by atoms with Gasteiger partial charge in [0.15, 0.2) is 0 Å². The Labute approximate surface area is 105 Å². The molecule has 0 bridgehead atoms. The van der Waals surface area contributed by atoms with E-state index in [4.69, 9.17) is 0 Å². The molecule has 1 N–H and O–H groups in total. The van der Waals surface area contributed by atoms with Crippen LogP contribution < -0.4 is 5.32 Å². The van der Waals surface area contributed by atoms with Gasteiger partial charge in [0.1, 0.15) is 5.82 Å². The number of para-hydroxylation sites is 1. The number of rotatable bonds is 3. The summed E-state index contributed by atoms with van der Waals surface area (Å²) in [7, 11) is 0. The molecule has 0 aliphatic carbocycles. The number of anilines is 1. The van der Waals surface area contributed by atoms with Gasteiger partial charge in [0, 0.05) is 11.8 Å². The highest BCUT2D eigenvalue weighted by Gasteiger charge is 1.96. The second-order valence-corrected chi connectivity index (χ2v) is 3.74. The van der Waals surface area contributed by atoms with Gasteiger partial charge in [-0.3, -0.25) is 4.79 Å². The van der Waals surface area contributed by atoms with Gasteiger partial charge in [0.25, 0.3) is 0 Å². The molecule has 0 heterocycles. The van der Waals surface area contributed by atoms with Gasteiger partial charge in [-0.1, -0.05) is 30.3 Å². The average molecular weight is 241 g/mol. The van der Waals surface area contributed by atoms with E-state index in [0.717, 1.165) is 5.69 Å². The largest absolute Gasteiger partial charge is 0.323 e. The maximum Gasteiger partial charge on any atom is 0.248 e. The summed E-state index contributed by atoms with van der Waals surface area (Å²) in [5.41, 5.74) is 1.38. The first-order valence-corrected chi connectivity index (χ1v) is 5.54. The molecule has 2 aromatic rings. The maximum absolute atomic E-state index is 12.9. The summed E-state index contributed by atoms with van der Waals surface area (Å²) in [6.07, 6.45) is 2.95. The highest BCUT2D eigenvalue weighted by Crippen LogP contribution is 2.07. The van der Waals surface area contributed by atoms with E-state index in [-0.39, 0.29) is 11.7 Å². The van der Waals surface area contributed by atoms with Gasteiger partial charge in [-0.25, -0.2) is 4.39 Å². The van der Waals surface area contributed by atoms with Crippen LogP contribution in [0, 0.1) is 5.82 Å². The molecule has 1 amide bonds. The Bertz CT molecular complexity index is 564. The zero-order valence-electron chi connectivity index (χ0n) is 9.64. The molecule has 0 aromatic heterocycles. The average Bonchev–Trinajstić information content (AvgIpc) is 2.38. The van der Waals surface area contributed by atoms with Gasteiger partial charge in [0.2, 0.25) is 5.91 Å². The van der Waals surface area contributed by atoms with Crippen LogP contribution in [0.1, 0.15) is 5.56 Å². The highest BCUT2D eigenvalue weighted by molar-refractivity contribution is 6.01. The van der Waals surface area contributed by atoms with Crippen LogP contribution in [0.2, 0.25) is 0 Å². The first-order valence-electron chi connectivity index (χ1n) is 5.54. The fraction of sp³-hybridized carbons (Fsp3) is 0. The van der Waals surface area contributed by atoms with E-state index in [2.05, 4.69) is 5.32 Å². The first kappa shape index (κ1) is 12.0. The number of hydrogen-bond acceptors (Lipinski definition) is 1. The molecule has 0 atom stereocenters. The maximum atomic E-state index is 12.9. The number of halogens is 1. The topological polar surface area (TPSA) is 29.1 Å². The summed E-state index contributed by atoms with van der Waals surface area (Å²) in [4.78, 5) is 11.6. The Morgan fingerprint density at radius 3 is 2.56 bits per heavy atom. The minimum Gasteiger partial charge on any atom is -0.323 e. The van der Waals surface area contributed by atoms with Crippen molar-refractivity contribution in [2.75, 3.05) is 5.32 Å². The summed E-state index contributed by atoms with van der Waals surface area (Å²) in [5.74, 6) is -0.564. The van der Waals surface area contributed by atoms with E-state index in [1.807, 2.05) is 18.2 Å². The Morgan fingerprint density at radius 2 is 1.83 bits per heavy atom. The molecule has 2 nitrogen and oxygen atoms in total. The van der Waals surface area contributed by atoms with Crippen LogP contribution in [0.15, 0.2) is 60.7 Å². The highest BCUT2D eigenvalue weighted by atomic mass is 19.1. The fourth-order valence-corrected chi connectivity index (χ4v) is 1.49. The quantitative estimate of drug-likeness (QED) is 0.819. The first-order chi connectivity index (χ1) is 8.74. The smallest absolute Gasteiger partial charge is 0.248 e. The normalized spacial score (nSPS) is 10.5. The van der Waals surface area contributed by atoms with E-state index in [9.17, 15) is 9.18 Å². The monoisotopic (exact) mass is 241 g/mol. The van der Waals surface area contributed by atoms with E-state index in [1.165, 1.54) is 18.2 Å². The van der Waals surface area contributed by atoms with Crippen molar-refractivity contribution < 1.29 is 9.18 Å². The van der Waals surface area contributed by atoms with Gasteiger partial charge in [0.05, 0.1) is 0 Å². The summed E-state index contributed by atoms with van der Waals surface area (Å²) < 4.78 is 12.9. The summed E-state index contributed by atoms with van der Waals surface area (Å²) in [5, 5.41) is 2.71. The molecule has 2 aromatic carbocycles. The van der Waals surface area contributed by atoms with Crippen molar-refractivity contribution in [1.29, 1.82) is 0 Å². The third kappa shape index (κ3) is 3.56. The summed E-state index contributed by atoms with van der Waals surface area (Å²) in [6.45, 7) is 0. The van der Waals surface area contributed by atoms with Crippen molar-refractivity contribution in [2.24, 2.45) is 0 Å². The fourth-order valence-electron chi connectivity index (χ4n) is 1.49. The van der Waals surface area contributed by atoms with Crippen LogP contribution in [0.25, 0.3) is 6.08 Å². The van der Waals surface area contributed by atoms with Crippen molar-refractivity contribution in [3.05, 3.63) is 72.1 Å². The molecule has 0 spiro atoms. The molecule has 3 heteroatoms. The second kappa shape index (κ2) is 5.77. The van der Waals surface area contributed by atoms with Crippen LogP contribution in [-0.4, -0.2) is 5.91 Å². The molecule has 18 heavy (non-hydrogen) atoms. The number of carbonyl (C=O) groups excluding carboxylic acids is 1. The molecule has 2 rings (SSSR count). The lowest BCUT2D eigenvalue weighted by Gasteiger charge is -2.00. The number of hydrogen-bond donors (Lipinski definition) is 1. The molecule has 0 saturated heterocycles. The Kier molecular flexibility index (Phi) is 3.86. The molecule has 0 unspecified atom stereocenters. The van der Waals surface area contributed by atoms with Gasteiger partial charge < -0.3 is 5.32 Å². The van der Waals surface area contributed by atoms with Crippen LogP contribution in [0.3, 0.4) is 0 Å². The standard InChI is InChI=1S/C15H12FNO/c16-13-6-4-5-12(11-13)9-10-15(18)17-14-7-2-1-3-8-14/h1-11H,(H,17,18)/b10-9-. The summed E-state index contributed by atoms with van der Waals surface area (Å²) >= 11 is 0. The zero-order chi connectivity index (χ0) is 12.8. The molecule has 90 valence electrons. The van der Waals surface area contributed by atoms with E-state index in [0.29, 0.717) is 5.56 Å².